The third kappa shape index (κ3) is 3.56. The minimum Gasteiger partial charge on any atom is -0.396 e. The smallest absolute Gasteiger partial charge is 0.0959 e. The summed E-state index contributed by atoms with van der Waals surface area (Å²) in [4.78, 5) is 8.64. The van der Waals surface area contributed by atoms with E-state index in [-0.39, 0.29) is 0 Å². The van der Waals surface area contributed by atoms with E-state index in [1.807, 2.05) is 11.3 Å². The topological polar surface area (TPSA) is 36.4 Å². The van der Waals surface area contributed by atoms with Crippen LogP contribution in [0.4, 0.5) is 0 Å². The van der Waals surface area contributed by atoms with Crippen LogP contribution in [0.2, 0.25) is 0 Å². The Balaban J connectivity index is 1.53. The van der Waals surface area contributed by atoms with Crippen LogP contribution in [0, 0.1) is 0 Å². The first-order valence-corrected chi connectivity index (χ1v) is 8.48. The average molecular weight is 280 g/mol. The van der Waals surface area contributed by atoms with Crippen LogP contribution < -0.4 is 0 Å². The summed E-state index contributed by atoms with van der Waals surface area (Å²) in [6, 6.07) is 0.799. The highest BCUT2D eigenvalue weighted by Gasteiger charge is 2.29. The second-order valence-corrected chi connectivity index (χ2v) is 7.07. The normalized spacial score (nSPS) is 19.9. The Kier molecular flexibility index (Phi) is 4.51. The summed E-state index contributed by atoms with van der Waals surface area (Å²) < 4.78 is 0. The largest absolute Gasteiger partial charge is 0.396 e. The second kappa shape index (κ2) is 6.33. The highest BCUT2D eigenvalue weighted by atomic mass is 32.1. The van der Waals surface area contributed by atoms with E-state index in [0.29, 0.717) is 6.61 Å². The molecule has 0 saturated heterocycles. The van der Waals surface area contributed by atoms with Crippen molar-refractivity contribution in [1.82, 2.24) is 9.88 Å². The van der Waals surface area contributed by atoms with Crippen molar-refractivity contribution in [3.8, 4) is 0 Å². The van der Waals surface area contributed by atoms with E-state index in [1.54, 1.807) is 0 Å². The molecule has 4 heteroatoms. The molecule has 0 aromatic carbocycles. The van der Waals surface area contributed by atoms with Gasteiger partial charge in [-0.15, -0.1) is 11.3 Å². The van der Waals surface area contributed by atoms with Crippen molar-refractivity contribution >= 4 is 11.3 Å². The standard InChI is InChI=1S/C15H24N2OS/c18-9-2-1-8-17(13-6-7-13)11-14-10-16-15(19-14)12-4-3-5-12/h10,12-13,18H,1-9,11H2. The summed E-state index contributed by atoms with van der Waals surface area (Å²) in [6.45, 7) is 2.52. The van der Waals surface area contributed by atoms with Crippen molar-refractivity contribution in [1.29, 1.82) is 0 Å². The van der Waals surface area contributed by atoms with Crippen LogP contribution in [0.1, 0.15) is 60.7 Å². The Morgan fingerprint density at radius 3 is 2.74 bits per heavy atom. The minimum absolute atomic E-state index is 0.324. The van der Waals surface area contributed by atoms with Crippen LogP contribution in [-0.2, 0) is 6.54 Å². The molecule has 19 heavy (non-hydrogen) atoms. The molecule has 1 heterocycles. The Morgan fingerprint density at radius 2 is 2.11 bits per heavy atom. The fourth-order valence-electron chi connectivity index (χ4n) is 2.70. The maximum Gasteiger partial charge on any atom is 0.0959 e. The molecule has 2 aliphatic carbocycles. The van der Waals surface area contributed by atoms with Crippen molar-refractivity contribution < 1.29 is 5.11 Å². The molecule has 1 N–H and O–H groups in total. The lowest BCUT2D eigenvalue weighted by atomic mass is 9.86. The Morgan fingerprint density at radius 1 is 1.26 bits per heavy atom. The molecule has 0 radical (unpaired) electrons. The highest BCUT2D eigenvalue weighted by molar-refractivity contribution is 7.11. The molecule has 2 aliphatic rings. The third-order valence-electron chi connectivity index (χ3n) is 4.30. The van der Waals surface area contributed by atoms with E-state index >= 15 is 0 Å². The number of unbranched alkanes of at least 4 members (excludes halogenated alkanes) is 1. The van der Waals surface area contributed by atoms with Gasteiger partial charge in [-0.3, -0.25) is 4.90 Å². The van der Waals surface area contributed by atoms with E-state index in [0.717, 1.165) is 37.9 Å². The Bertz CT molecular complexity index is 399. The van der Waals surface area contributed by atoms with Gasteiger partial charge in [-0.2, -0.15) is 0 Å². The SMILES string of the molecule is OCCCCN(Cc1cnc(C2CCC2)s1)C1CC1. The van der Waals surface area contributed by atoms with E-state index in [1.165, 1.54) is 42.0 Å². The predicted molar refractivity (Wildman–Crippen MR) is 78.5 cm³/mol. The van der Waals surface area contributed by atoms with Gasteiger partial charge in [-0.05, 0) is 45.1 Å². The first kappa shape index (κ1) is 13.5. The lowest BCUT2D eigenvalue weighted by molar-refractivity contribution is 0.230. The molecule has 0 unspecified atom stereocenters. The van der Waals surface area contributed by atoms with E-state index in [9.17, 15) is 0 Å². The van der Waals surface area contributed by atoms with Gasteiger partial charge in [-0.1, -0.05) is 6.42 Å². The zero-order chi connectivity index (χ0) is 13.1. The fourth-order valence-corrected chi connectivity index (χ4v) is 3.81. The summed E-state index contributed by atoms with van der Waals surface area (Å²) in [5.41, 5.74) is 0. The number of aliphatic hydroxyl groups excluding tert-OH is 1. The quantitative estimate of drug-likeness (QED) is 0.743. The Labute approximate surface area is 119 Å². The van der Waals surface area contributed by atoms with Gasteiger partial charge >= 0.3 is 0 Å². The molecule has 2 fully saturated rings. The summed E-state index contributed by atoms with van der Waals surface area (Å²) in [6.07, 6.45) is 10.9. The molecular weight excluding hydrogens is 256 g/mol. The lowest BCUT2D eigenvalue weighted by Crippen LogP contribution is -2.26. The van der Waals surface area contributed by atoms with E-state index in [2.05, 4.69) is 16.1 Å². The number of thiazole rings is 1. The molecule has 0 spiro atoms. The van der Waals surface area contributed by atoms with E-state index < -0.39 is 0 Å². The first-order chi connectivity index (χ1) is 9.36. The summed E-state index contributed by atoms with van der Waals surface area (Å²) in [5, 5.41) is 10.3. The van der Waals surface area contributed by atoms with Gasteiger partial charge in [0.05, 0.1) is 5.01 Å². The van der Waals surface area contributed by atoms with E-state index in [4.69, 9.17) is 5.11 Å². The number of hydrogen-bond donors (Lipinski definition) is 1. The number of aromatic nitrogens is 1. The van der Waals surface area contributed by atoms with Crippen molar-refractivity contribution in [2.24, 2.45) is 0 Å². The van der Waals surface area contributed by atoms with Gasteiger partial charge in [0.2, 0.25) is 0 Å². The molecule has 3 nitrogen and oxygen atoms in total. The third-order valence-corrected chi connectivity index (χ3v) is 5.45. The maximum absolute atomic E-state index is 8.89. The van der Waals surface area contributed by atoms with Crippen LogP contribution in [0.25, 0.3) is 0 Å². The number of rotatable bonds is 8. The van der Waals surface area contributed by atoms with Gasteiger partial charge < -0.3 is 5.11 Å². The van der Waals surface area contributed by atoms with Crippen LogP contribution in [0.5, 0.6) is 0 Å². The van der Waals surface area contributed by atoms with Gasteiger partial charge in [-0.25, -0.2) is 4.98 Å². The number of nitrogens with zero attached hydrogens (tertiary/aromatic N) is 2. The molecule has 3 rings (SSSR count). The van der Waals surface area contributed by atoms with Crippen LogP contribution in [0.3, 0.4) is 0 Å². The predicted octanol–water partition coefficient (Wildman–Crippen LogP) is 3.15. The van der Waals surface area contributed by atoms with Crippen LogP contribution in [0.15, 0.2) is 6.20 Å². The zero-order valence-corrected chi connectivity index (χ0v) is 12.4. The first-order valence-electron chi connectivity index (χ1n) is 7.66. The second-order valence-electron chi connectivity index (χ2n) is 5.93. The molecule has 0 bridgehead atoms. The monoisotopic (exact) mass is 280 g/mol. The van der Waals surface area contributed by atoms with Gasteiger partial charge in [0.25, 0.3) is 0 Å². The molecular formula is C15H24N2OS. The molecule has 1 aromatic heterocycles. The minimum atomic E-state index is 0.324. The summed E-state index contributed by atoms with van der Waals surface area (Å²) in [7, 11) is 0. The van der Waals surface area contributed by atoms with Gasteiger partial charge in [0, 0.05) is 36.2 Å². The molecule has 2 saturated carbocycles. The van der Waals surface area contributed by atoms with Crippen LogP contribution in [-0.4, -0.2) is 34.2 Å². The Hall–Kier alpha value is -0.450. The summed E-state index contributed by atoms with van der Waals surface area (Å²) in [5.74, 6) is 0.766. The van der Waals surface area contributed by atoms with Gasteiger partial charge in [0.1, 0.15) is 0 Å². The van der Waals surface area contributed by atoms with Crippen LogP contribution >= 0.6 is 11.3 Å². The average Bonchev–Trinajstić information content (AvgIpc) is 3.09. The number of aliphatic hydroxyl groups is 1. The molecule has 106 valence electrons. The molecule has 0 atom stereocenters. The fraction of sp³-hybridized carbons (Fsp3) is 0.800. The highest BCUT2D eigenvalue weighted by Crippen LogP contribution is 2.38. The molecule has 0 aliphatic heterocycles. The van der Waals surface area contributed by atoms with Crippen molar-refractivity contribution in [2.75, 3.05) is 13.2 Å². The molecule has 1 aromatic rings. The van der Waals surface area contributed by atoms with Crippen molar-refractivity contribution in [2.45, 2.75) is 63.5 Å². The molecule has 0 amide bonds. The van der Waals surface area contributed by atoms with Crippen molar-refractivity contribution in [3.05, 3.63) is 16.1 Å². The number of hydrogen-bond acceptors (Lipinski definition) is 4. The maximum atomic E-state index is 8.89. The lowest BCUT2D eigenvalue weighted by Gasteiger charge is -2.23. The zero-order valence-electron chi connectivity index (χ0n) is 11.6. The van der Waals surface area contributed by atoms with Crippen molar-refractivity contribution in [3.63, 3.8) is 0 Å². The van der Waals surface area contributed by atoms with Gasteiger partial charge in [0.15, 0.2) is 0 Å². The summed E-state index contributed by atoms with van der Waals surface area (Å²) >= 11 is 1.93.